The van der Waals surface area contributed by atoms with E-state index in [9.17, 15) is 0 Å². The molecule has 0 N–H and O–H groups in total. The van der Waals surface area contributed by atoms with Gasteiger partial charge < -0.3 is 0 Å². The Morgan fingerprint density at radius 1 is 1.05 bits per heavy atom. The second-order valence-corrected chi connectivity index (χ2v) is 17.5. The quantitative estimate of drug-likeness (QED) is 0.552. The summed E-state index contributed by atoms with van der Waals surface area (Å²) in [5, 5.41) is 0. The monoisotopic (exact) mass is 398 g/mol. The van der Waals surface area contributed by atoms with E-state index in [1.165, 1.54) is 12.0 Å². The molecule has 0 bridgehead atoms. The zero-order valence-corrected chi connectivity index (χ0v) is 16.6. The van der Waals surface area contributed by atoms with Crippen LogP contribution in [-0.2, 0) is 20.3 Å². The van der Waals surface area contributed by atoms with E-state index in [1.54, 1.807) is 25.0 Å². The third kappa shape index (κ3) is 2.56. The molecular formula is C18H22Cl2Zr. The molecule has 0 saturated carbocycles. The van der Waals surface area contributed by atoms with Crippen LogP contribution >= 0.6 is 24.8 Å². The standard InChI is InChI=1S/C9H7.C7H9.C2H4.2ClH.Zr/c1-2-5-9-7-3-6-8(9)4-1;1-6-4-3-5-7(6)2;1-2;;;/h1-7H;4H,3H2,1-2H3;1-2H2;2*1H;. The fourth-order valence-electron chi connectivity index (χ4n) is 4.04. The Morgan fingerprint density at radius 2 is 1.76 bits per heavy atom. The van der Waals surface area contributed by atoms with Gasteiger partial charge in [-0.15, -0.1) is 24.8 Å². The number of benzene rings is 1. The van der Waals surface area contributed by atoms with Crippen molar-refractivity contribution in [3.63, 3.8) is 0 Å². The van der Waals surface area contributed by atoms with Crippen LogP contribution in [0.4, 0.5) is 0 Å². The smallest absolute Gasteiger partial charge is 0.147 e. The Labute approximate surface area is 144 Å². The van der Waals surface area contributed by atoms with Crippen molar-refractivity contribution in [3.8, 4) is 0 Å². The summed E-state index contributed by atoms with van der Waals surface area (Å²) in [6.07, 6.45) is 8.66. The van der Waals surface area contributed by atoms with Crippen LogP contribution in [0.3, 0.4) is 0 Å². The van der Waals surface area contributed by atoms with Gasteiger partial charge in [0.2, 0.25) is 0 Å². The Hall–Kier alpha value is -0.0969. The zero-order valence-electron chi connectivity index (χ0n) is 12.6. The number of rotatable bonds is 2. The van der Waals surface area contributed by atoms with Crippen LogP contribution in [0.1, 0.15) is 35.0 Å². The summed E-state index contributed by atoms with van der Waals surface area (Å²) in [5.74, 6) is 0. The van der Waals surface area contributed by atoms with Crippen molar-refractivity contribution >= 4 is 30.9 Å². The molecule has 1 heterocycles. The van der Waals surface area contributed by atoms with E-state index in [2.05, 4.69) is 56.3 Å². The molecule has 0 nitrogen and oxygen atoms in total. The van der Waals surface area contributed by atoms with Gasteiger partial charge in [-0.05, 0) is 0 Å². The second-order valence-electron chi connectivity index (χ2n) is 6.32. The first-order chi connectivity index (χ1) is 9.22. The summed E-state index contributed by atoms with van der Waals surface area (Å²) in [6.45, 7) is 4.67. The molecule has 0 aromatic heterocycles. The Bertz CT molecular complexity index is 651. The molecule has 1 aromatic rings. The van der Waals surface area contributed by atoms with E-state index in [-0.39, 0.29) is 24.8 Å². The van der Waals surface area contributed by atoms with Gasteiger partial charge in [-0.3, -0.25) is 0 Å². The van der Waals surface area contributed by atoms with Gasteiger partial charge in [-0.2, -0.15) is 0 Å². The van der Waals surface area contributed by atoms with E-state index >= 15 is 0 Å². The van der Waals surface area contributed by atoms with E-state index in [4.69, 9.17) is 0 Å². The number of fused-ring (bicyclic) bond motifs is 1. The fraction of sp³-hybridized carbons (Fsp3) is 0.333. The summed E-state index contributed by atoms with van der Waals surface area (Å²) in [5.41, 5.74) is 6.33. The van der Waals surface area contributed by atoms with Crippen LogP contribution in [0.5, 0.6) is 0 Å². The predicted molar refractivity (Wildman–Crippen MR) is 93.4 cm³/mol. The van der Waals surface area contributed by atoms with Gasteiger partial charge in [-0.1, -0.05) is 0 Å². The summed E-state index contributed by atoms with van der Waals surface area (Å²) >= 11 is -2.05. The zero-order chi connectivity index (χ0) is 13.0. The molecule has 3 aliphatic rings. The van der Waals surface area contributed by atoms with Gasteiger partial charge in [0.05, 0.1) is 0 Å². The molecule has 21 heavy (non-hydrogen) atoms. The van der Waals surface area contributed by atoms with Crippen LogP contribution in [0.25, 0.3) is 6.08 Å². The molecule has 112 valence electrons. The van der Waals surface area contributed by atoms with E-state index in [1.807, 2.05) is 3.28 Å². The van der Waals surface area contributed by atoms with Crippen LogP contribution in [0.2, 0.25) is 8.26 Å². The van der Waals surface area contributed by atoms with Gasteiger partial charge in [-0.25, -0.2) is 0 Å². The molecule has 0 radical (unpaired) electrons. The average molecular weight is 401 g/mol. The second kappa shape index (κ2) is 6.19. The maximum Gasteiger partial charge on any atom is -0.147 e. The largest absolute Gasteiger partial charge is 0.147 e. The van der Waals surface area contributed by atoms with E-state index < -0.39 is 20.3 Å². The van der Waals surface area contributed by atoms with Gasteiger partial charge >= 0.3 is 120 Å². The van der Waals surface area contributed by atoms with E-state index in [0.717, 1.165) is 3.63 Å². The molecule has 0 spiro atoms. The van der Waals surface area contributed by atoms with Crippen molar-refractivity contribution in [1.29, 1.82) is 0 Å². The van der Waals surface area contributed by atoms with Gasteiger partial charge in [0.25, 0.3) is 0 Å². The number of hydrogen-bond donors (Lipinski definition) is 0. The number of halogens is 2. The normalized spacial score (nSPS) is 24.1. The van der Waals surface area contributed by atoms with Gasteiger partial charge in [0.15, 0.2) is 0 Å². The molecule has 4 rings (SSSR count). The minimum Gasteiger partial charge on any atom is -0.147 e. The van der Waals surface area contributed by atoms with Crippen molar-refractivity contribution in [2.45, 2.75) is 32.2 Å². The molecule has 3 heteroatoms. The molecule has 1 atom stereocenters. The number of hydrogen-bond acceptors (Lipinski definition) is 0. The van der Waals surface area contributed by atoms with Crippen molar-refractivity contribution < 1.29 is 20.3 Å². The van der Waals surface area contributed by atoms with Crippen molar-refractivity contribution in [2.24, 2.45) is 0 Å². The van der Waals surface area contributed by atoms with Crippen molar-refractivity contribution in [2.75, 3.05) is 0 Å². The van der Waals surface area contributed by atoms with Gasteiger partial charge in [0, 0.05) is 0 Å². The molecule has 1 fully saturated rings. The maximum atomic E-state index is 2.54. The summed E-state index contributed by atoms with van der Waals surface area (Å²) in [7, 11) is 0. The SMILES string of the molecule is CC1=CC[C]([Zr]2([CH]3C=Cc4ccccc43)[CH2][CH2]2)=C1C.Cl.Cl. The topological polar surface area (TPSA) is 0 Å². The Morgan fingerprint density at radius 3 is 2.38 bits per heavy atom. The number of allylic oxidation sites excluding steroid dienone is 5. The van der Waals surface area contributed by atoms with Crippen molar-refractivity contribution in [3.05, 3.63) is 62.0 Å². The van der Waals surface area contributed by atoms with Crippen LogP contribution in [0, 0.1) is 0 Å². The van der Waals surface area contributed by atoms with Crippen molar-refractivity contribution in [1.82, 2.24) is 0 Å². The summed E-state index contributed by atoms with van der Waals surface area (Å²) < 4.78 is 5.91. The first-order valence-electron chi connectivity index (χ1n) is 7.37. The molecule has 1 aromatic carbocycles. The minimum absolute atomic E-state index is 0. The molecule has 2 aliphatic carbocycles. The van der Waals surface area contributed by atoms with E-state index in [0.29, 0.717) is 0 Å². The van der Waals surface area contributed by atoms with Crippen LogP contribution in [0.15, 0.2) is 50.8 Å². The van der Waals surface area contributed by atoms with Crippen LogP contribution < -0.4 is 0 Å². The predicted octanol–water partition coefficient (Wildman–Crippen LogP) is 6.23. The average Bonchev–Trinajstić information content (AvgIpc) is 2.98. The molecular weight excluding hydrogens is 378 g/mol. The van der Waals surface area contributed by atoms with Gasteiger partial charge in [0.1, 0.15) is 0 Å². The summed E-state index contributed by atoms with van der Waals surface area (Å²) in [4.78, 5) is 0. The van der Waals surface area contributed by atoms with Crippen LogP contribution in [-0.4, -0.2) is 0 Å². The third-order valence-electron chi connectivity index (χ3n) is 5.44. The molecule has 1 unspecified atom stereocenters. The Kier molecular flexibility index (Phi) is 5.09. The third-order valence-corrected chi connectivity index (χ3v) is 17.9. The molecule has 1 saturated heterocycles. The minimum atomic E-state index is -2.05. The molecule has 1 aliphatic heterocycles. The maximum absolute atomic E-state index is 2.54. The summed E-state index contributed by atoms with van der Waals surface area (Å²) in [6, 6.07) is 9.06. The Balaban J connectivity index is 0.000000807. The first kappa shape index (κ1) is 17.3. The first-order valence-corrected chi connectivity index (χ1v) is 13.5. The fourth-order valence-corrected chi connectivity index (χ4v) is 19.4. The molecule has 0 amide bonds.